The van der Waals surface area contributed by atoms with Gasteiger partial charge in [-0.05, 0) is 56.7 Å². The van der Waals surface area contributed by atoms with Gasteiger partial charge in [-0.25, -0.2) is 9.97 Å². The van der Waals surface area contributed by atoms with Gasteiger partial charge in [-0.2, -0.15) is 0 Å². The molecule has 0 saturated heterocycles. The third kappa shape index (κ3) is 4.04. The number of hydrogen-bond donors (Lipinski definition) is 1. The lowest BCUT2D eigenvalue weighted by atomic mass is 10.1. The molecule has 1 heterocycles. The molecule has 1 atom stereocenters. The molecule has 19 heavy (non-hydrogen) atoms. The molecule has 0 amide bonds. The standard InChI is InChI=1S/C15H19N3S/c1-10-4-5-14(13(8-10)9-11(2)16)19-15-17-7-6-12(3)18-15/h4-8,11H,9,16H2,1-3H3. The Labute approximate surface area is 118 Å². The van der Waals surface area contributed by atoms with Crippen LogP contribution in [0.25, 0.3) is 0 Å². The van der Waals surface area contributed by atoms with Crippen molar-refractivity contribution in [1.29, 1.82) is 0 Å². The van der Waals surface area contributed by atoms with E-state index in [2.05, 4.69) is 35.1 Å². The average molecular weight is 273 g/mol. The molecule has 0 aliphatic carbocycles. The molecule has 0 spiro atoms. The zero-order valence-corrected chi connectivity index (χ0v) is 12.4. The minimum atomic E-state index is 0.152. The highest BCUT2D eigenvalue weighted by Gasteiger charge is 2.08. The van der Waals surface area contributed by atoms with Gasteiger partial charge in [0.05, 0.1) is 0 Å². The Morgan fingerprint density at radius 1 is 1.26 bits per heavy atom. The summed E-state index contributed by atoms with van der Waals surface area (Å²) >= 11 is 1.60. The van der Waals surface area contributed by atoms with Gasteiger partial charge in [-0.1, -0.05) is 17.7 Å². The number of rotatable bonds is 4. The fourth-order valence-corrected chi connectivity index (χ4v) is 2.80. The van der Waals surface area contributed by atoms with Crippen LogP contribution in [0.15, 0.2) is 40.5 Å². The summed E-state index contributed by atoms with van der Waals surface area (Å²) in [5.41, 5.74) is 9.43. The number of benzene rings is 1. The second-order valence-corrected chi connectivity index (χ2v) is 5.88. The zero-order chi connectivity index (χ0) is 13.8. The molecule has 4 heteroatoms. The first kappa shape index (κ1) is 14.0. The molecule has 0 fully saturated rings. The van der Waals surface area contributed by atoms with Crippen LogP contribution in [-0.2, 0) is 6.42 Å². The Balaban J connectivity index is 2.28. The van der Waals surface area contributed by atoms with Gasteiger partial charge in [-0.3, -0.25) is 0 Å². The van der Waals surface area contributed by atoms with Crippen LogP contribution in [-0.4, -0.2) is 16.0 Å². The second-order valence-electron chi connectivity index (χ2n) is 4.88. The van der Waals surface area contributed by atoms with Crippen molar-refractivity contribution in [3.63, 3.8) is 0 Å². The van der Waals surface area contributed by atoms with Gasteiger partial charge in [0.25, 0.3) is 0 Å². The van der Waals surface area contributed by atoms with Crippen molar-refractivity contribution in [2.75, 3.05) is 0 Å². The predicted molar refractivity (Wildman–Crippen MR) is 79.4 cm³/mol. The normalized spacial score (nSPS) is 12.4. The van der Waals surface area contributed by atoms with Crippen molar-refractivity contribution in [2.45, 2.75) is 43.3 Å². The third-order valence-electron chi connectivity index (χ3n) is 2.73. The van der Waals surface area contributed by atoms with Crippen LogP contribution in [0.5, 0.6) is 0 Å². The van der Waals surface area contributed by atoms with Gasteiger partial charge < -0.3 is 5.73 Å². The summed E-state index contributed by atoms with van der Waals surface area (Å²) < 4.78 is 0. The molecule has 2 N–H and O–H groups in total. The number of nitrogens with two attached hydrogens (primary N) is 1. The maximum Gasteiger partial charge on any atom is 0.192 e. The first-order valence-electron chi connectivity index (χ1n) is 6.37. The summed E-state index contributed by atoms with van der Waals surface area (Å²) in [7, 11) is 0. The first-order valence-corrected chi connectivity index (χ1v) is 7.19. The van der Waals surface area contributed by atoms with Crippen LogP contribution in [0, 0.1) is 13.8 Å². The minimum Gasteiger partial charge on any atom is -0.328 e. The van der Waals surface area contributed by atoms with E-state index in [1.165, 1.54) is 16.0 Å². The molecule has 3 nitrogen and oxygen atoms in total. The van der Waals surface area contributed by atoms with E-state index in [0.29, 0.717) is 0 Å². The summed E-state index contributed by atoms with van der Waals surface area (Å²) in [5.74, 6) is 0. The monoisotopic (exact) mass is 273 g/mol. The molecule has 1 aromatic carbocycles. The summed E-state index contributed by atoms with van der Waals surface area (Å²) in [4.78, 5) is 9.92. The number of aryl methyl sites for hydroxylation is 2. The van der Waals surface area contributed by atoms with Crippen molar-refractivity contribution < 1.29 is 0 Å². The molecule has 0 radical (unpaired) electrons. The lowest BCUT2D eigenvalue weighted by Crippen LogP contribution is -2.18. The van der Waals surface area contributed by atoms with E-state index in [-0.39, 0.29) is 6.04 Å². The van der Waals surface area contributed by atoms with Crippen molar-refractivity contribution in [3.8, 4) is 0 Å². The molecular weight excluding hydrogens is 254 g/mol. The molecule has 0 saturated carbocycles. The Hall–Kier alpha value is -1.39. The van der Waals surface area contributed by atoms with Crippen molar-refractivity contribution in [2.24, 2.45) is 5.73 Å². The molecule has 2 aromatic rings. The molecular formula is C15H19N3S. The van der Waals surface area contributed by atoms with E-state index in [9.17, 15) is 0 Å². The number of aromatic nitrogens is 2. The van der Waals surface area contributed by atoms with E-state index in [1.54, 1.807) is 18.0 Å². The van der Waals surface area contributed by atoms with E-state index in [1.807, 2.05) is 19.9 Å². The zero-order valence-electron chi connectivity index (χ0n) is 11.6. The van der Waals surface area contributed by atoms with Crippen LogP contribution in [0.1, 0.15) is 23.7 Å². The molecule has 100 valence electrons. The highest BCUT2D eigenvalue weighted by molar-refractivity contribution is 7.99. The Morgan fingerprint density at radius 3 is 2.74 bits per heavy atom. The van der Waals surface area contributed by atoms with Gasteiger partial charge >= 0.3 is 0 Å². The second kappa shape index (κ2) is 6.17. The predicted octanol–water partition coefficient (Wildman–Crippen LogP) is 3.13. The highest BCUT2D eigenvalue weighted by Crippen LogP contribution is 2.29. The van der Waals surface area contributed by atoms with E-state index in [0.717, 1.165) is 17.3 Å². The molecule has 1 aromatic heterocycles. The Bertz CT molecular complexity index is 567. The smallest absolute Gasteiger partial charge is 0.192 e. The highest BCUT2D eigenvalue weighted by atomic mass is 32.2. The third-order valence-corrected chi connectivity index (χ3v) is 3.73. The largest absolute Gasteiger partial charge is 0.328 e. The van der Waals surface area contributed by atoms with Crippen molar-refractivity contribution in [1.82, 2.24) is 9.97 Å². The average Bonchev–Trinajstić information content (AvgIpc) is 2.32. The Morgan fingerprint density at radius 2 is 2.05 bits per heavy atom. The van der Waals surface area contributed by atoms with Crippen LogP contribution in [0.2, 0.25) is 0 Å². The topological polar surface area (TPSA) is 51.8 Å². The van der Waals surface area contributed by atoms with Crippen LogP contribution in [0.4, 0.5) is 0 Å². The van der Waals surface area contributed by atoms with Crippen LogP contribution in [0.3, 0.4) is 0 Å². The van der Waals surface area contributed by atoms with Gasteiger partial charge in [0.15, 0.2) is 5.16 Å². The van der Waals surface area contributed by atoms with Crippen molar-refractivity contribution >= 4 is 11.8 Å². The maximum absolute atomic E-state index is 5.92. The van der Waals surface area contributed by atoms with Gasteiger partial charge in [0.2, 0.25) is 0 Å². The van der Waals surface area contributed by atoms with Gasteiger partial charge in [0, 0.05) is 22.8 Å². The number of hydrogen-bond acceptors (Lipinski definition) is 4. The lowest BCUT2D eigenvalue weighted by Gasteiger charge is -2.11. The van der Waals surface area contributed by atoms with Crippen LogP contribution < -0.4 is 5.73 Å². The van der Waals surface area contributed by atoms with Crippen molar-refractivity contribution in [3.05, 3.63) is 47.3 Å². The lowest BCUT2D eigenvalue weighted by molar-refractivity contribution is 0.728. The molecule has 1 unspecified atom stereocenters. The van der Waals surface area contributed by atoms with E-state index < -0.39 is 0 Å². The van der Waals surface area contributed by atoms with Crippen LogP contribution >= 0.6 is 11.8 Å². The fourth-order valence-electron chi connectivity index (χ4n) is 1.89. The number of nitrogens with zero attached hydrogens (tertiary/aromatic N) is 2. The molecule has 0 aliphatic heterocycles. The van der Waals surface area contributed by atoms with E-state index in [4.69, 9.17) is 5.73 Å². The molecule has 0 bridgehead atoms. The van der Waals surface area contributed by atoms with Gasteiger partial charge in [-0.15, -0.1) is 0 Å². The summed E-state index contributed by atoms with van der Waals surface area (Å²) in [6.07, 6.45) is 2.67. The summed E-state index contributed by atoms with van der Waals surface area (Å²) in [6, 6.07) is 8.50. The maximum atomic E-state index is 5.92. The first-order chi connectivity index (χ1) is 9.04. The fraction of sp³-hybridized carbons (Fsp3) is 0.333. The van der Waals surface area contributed by atoms with Gasteiger partial charge in [0.1, 0.15) is 0 Å². The Kier molecular flexibility index (Phi) is 4.56. The minimum absolute atomic E-state index is 0.152. The quantitative estimate of drug-likeness (QED) is 0.870. The SMILES string of the molecule is Cc1ccc(Sc2nccc(C)n2)c(CC(C)N)c1. The summed E-state index contributed by atoms with van der Waals surface area (Å²) in [6.45, 7) is 6.10. The summed E-state index contributed by atoms with van der Waals surface area (Å²) in [5, 5.41) is 0.787. The molecule has 0 aliphatic rings. The molecule has 2 rings (SSSR count). The van der Waals surface area contributed by atoms with E-state index >= 15 is 0 Å².